The number of piperidine rings is 1. The van der Waals surface area contributed by atoms with E-state index in [2.05, 4.69) is 0 Å². The summed E-state index contributed by atoms with van der Waals surface area (Å²) in [6, 6.07) is 7.56. The molecule has 1 aliphatic carbocycles. The standard InChI is InChI=1S/C16H20N2O2/c17-15(19)13-3-1-11(2-4-13)12-7-9-18(10-8-12)16(20)14-5-6-14/h1-4,12,14H,5-10H2,(H2,17,19). The lowest BCUT2D eigenvalue weighted by molar-refractivity contribution is -0.133. The van der Waals surface area contributed by atoms with Gasteiger partial charge in [0.1, 0.15) is 0 Å². The van der Waals surface area contributed by atoms with Gasteiger partial charge in [-0.1, -0.05) is 12.1 Å². The fourth-order valence-electron chi connectivity index (χ4n) is 2.94. The maximum Gasteiger partial charge on any atom is 0.248 e. The smallest absolute Gasteiger partial charge is 0.248 e. The van der Waals surface area contributed by atoms with Gasteiger partial charge in [-0.15, -0.1) is 0 Å². The molecule has 1 aromatic carbocycles. The predicted molar refractivity (Wildman–Crippen MR) is 76.2 cm³/mol. The molecule has 2 fully saturated rings. The first-order chi connectivity index (χ1) is 9.65. The SMILES string of the molecule is NC(=O)c1ccc(C2CCN(C(=O)C3CC3)CC2)cc1. The van der Waals surface area contributed by atoms with Gasteiger partial charge in [-0.25, -0.2) is 0 Å². The first-order valence-corrected chi connectivity index (χ1v) is 7.33. The second-order valence-electron chi connectivity index (χ2n) is 5.86. The van der Waals surface area contributed by atoms with Crippen LogP contribution in [-0.4, -0.2) is 29.8 Å². The van der Waals surface area contributed by atoms with Gasteiger partial charge in [-0.2, -0.15) is 0 Å². The van der Waals surface area contributed by atoms with Gasteiger partial charge < -0.3 is 10.6 Å². The van der Waals surface area contributed by atoms with Crippen LogP contribution in [0.3, 0.4) is 0 Å². The zero-order valence-corrected chi connectivity index (χ0v) is 11.5. The Balaban J connectivity index is 1.59. The summed E-state index contributed by atoms with van der Waals surface area (Å²) >= 11 is 0. The molecule has 106 valence electrons. The van der Waals surface area contributed by atoms with E-state index in [0.717, 1.165) is 38.8 Å². The van der Waals surface area contributed by atoms with Crippen molar-refractivity contribution in [3.05, 3.63) is 35.4 Å². The molecule has 2 N–H and O–H groups in total. The molecule has 20 heavy (non-hydrogen) atoms. The molecule has 0 atom stereocenters. The van der Waals surface area contributed by atoms with Crippen LogP contribution in [0.15, 0.2) is 24.3 Å². The van der Waals surface area contributed by atoms with Crippen LogP contribution in [0.4, 0.5) is 0 Å². The number of carbonyl (C=O) groups is 2. The Morgan fingerprint density at radius 3 is 2.10 bits per heavy atom. The highest BCUT2D eigenvalue weighted by Gasteiger charge is 2.35. The number of hydrogen-bond donors (Lipinski definition) is 1. The van der Waals surface area contributed by atoms with Crippen molar-refractivity contribution in [2.75, 3.05) is 13.1 Å². The molecule has 1 aromatic rings. The number of nitrogens with zero attached hydrogens (tertiary/aromatic N) is 1. The predicted octanol–water partition coefficient (Wildman–Crippen LogP) is 1.90. The molecular formula is C16H20N2O2. The highest BCUT2D eigenvalue weighted by Crippen LogP contribution is 2.34. The minimum absolute atomic E-state index is 0.321. The monoisotopic (exact) mass is 272 g/mol. The van der Waals surface area contributed by atoms with Crippen molar-refractivity contribution < 1.29 is 9.59 Å². The Hall–Kier alpha value is -1.84. The summed E-state index contributed by atoms with van der Waals surface area (Å²) < 4.78 is 0. The summed E-state index contributed by atoms with van der Waals surface area (Å²) in [7, 11) is 0. The van der Waals surface area contributed by atoms with E-state index in [-0.39, 0.29) is 5.91 Å². The van der Waals surface area contributed by atoms with E-state index < -0.39 is 0 Å². The van der Waals surface area contributed by atoms with Crippen LogP contribution in [0.1, 0.15) is 47.5 Å². The number of primary amides is 1. The number of nitrogens with two attached hydrogens (primary N) is 1. The van der Waals surface area contributed by atoms with Crippen molar-refractivity contribution >= 4 is 11.8 Å². The van der Waals surface area contributed by atoms with Gasteiger partial charge in [0.2, 0.25) is 11.8 Å². The molecule has 2 amide bonds. The van der Waals surface area contributed by atoms with Gasteiger partial charge in [0, 0.05) is 24.6 Å². The van der Waals surface area contributed by atoms with E-state index in [1.54, 1.807) is 12.1 Å². The zero-order valence-electron chi connectivity index (χ0n) is 11.5. The summed E-state index contributed by atoms with van der Waals surface area (Å²) in [5.41, 5.74) is 7.04. The molecule has 0 unspecified atom stereocenters. The fourth-order valence-corrected chi connectivity index (χ4v) is 2.94. The Bertz CT molecular complexity index is 512. The van der Waals surface area contributed by atoms with Crippen molar-refractivity contribution in [2.24, 2.45) is 11.7 Å². The molecule has 1 saturated heterocycles. The summed E-state index contributed by atoms with van der Waals surface area (Å²) in [5.74, 6) is 0.774. The van der Waals surface area contributed by atoms with Crippen molar-refractivity contribution in [3.63, 3.8) is 0 Å². The average Bonchev–Trinajstić information content (AvgIpc) is 3.31. The Kier molecular flexibility index (Phi) is 3.47. The van der Waals surface area contributed by atoms with Gasteiger partial charge in [0.15, 0.2) is 0 Å². The lowest BCUT2D eigenvalue weighted by Crippen LogP contribution is -2.38. The first-order valence-electron chi connectivity index (χ1n) is 7.33. The van der Waals surface area contributed by atoms with Gasteiger partial charge in [-0.05, 0) is 49.3 Å². The lowest BCUT2D eigenvalue weighted by atomic mass is 9.89. The van der Waals surface area contributed by atoms with Crippen molar-refractivity contribution in [1.29, 1.82) is 0 Å². The van der Waals surface area contributed by atoms with E-state index in [1.165, 1.54) is 5.56 Å². The molecule has 4 heteroatoms. The van der Waals surface area contributed by atoms with Gasteiger partial charge >= 0.3 is 0 Å². The topological polar surface area (TPSA) is 63.4 Å². The summed E-state index contributed by atoms with van der Waals surface area (Å²) in [6.07, 6.45) is 4.17. The van der Waals surface area contributed by atoms with Crippen molar-refractivity contribution in [1.82, 2.24) is 4.90 Å². The zero-order chi connectivity index (χ0) is 14.1. The maximum absolute atomic E-state index is 12.0. The Morgan fingerprint density at radius 1 is 1.00 bits per heavy atom. The molecule has 3 rings (SSSR count). The van der Waals surface area contributed by atoms with E-state index in [1.807, 2.05) is 17.0 Å². The number of benzene rings is 1. The third-order valence-corrected chi connectivity index (χ3v) is 4.40. The van der Waals surface area contributed by atoms with Gasteiger partial charge in [0.25, 0.3) is 0 Å². The fraction of sp³-hybridized carbons (Fsp3) is 0.500. The summed E-state index contributed by atoms with van der Waals surface area (Å²) in [4.78, 5) is 25.1. The third-order valence-electron chi connectivity index (χ3n) is 4.40. The average molecular weight is 272 g/mol. The lowest BCUT2D eigenvalue weighted by Gasteiger charge is -2.32. The molecule has 1 aliphatic heterocycles. The Morgan fingerprint density at radius 2 is 1.60 bits per heavy atom. The highest BCUT2D eigenvalue weighted by molar-refractivity contribution is 5.92. The van der Waals surface area contributed by atoms with Crippen LogP contribution in [0.2, 0.25) is 0 Å². The number of likely N-dealkylation sites (tertiary alicyclic amines) is 1. The quantitative estimate of drug-likeness (QED) is 0.913. The molecule has 0 aromatic heterocycles. The second kappa shape index (κ2) is 5.27. The molecule has 4 nitrogen and oxygen atoms in total. The van der Waals surface area contributed by atoms with Crippen LogP contribution in [-0.2, 0) is 4.79 Å². The van der Waals surface area contributed by atoms with E-state index in [4.69, 9.17) is 5.73 Å². The van der Waals surface area contributed by atoms with Crippen molar-refractivity contribution in [3.8, 4) is 0 Å². The van der Waals surface area contributed by atoms with Gasteiger partial charge in [-0.3, -0.25) is 9.59 Å². The maximum atomic E-state index is 12.0. The summed E-state index contributed by atoms with van der Waals surface area (Å²) in [6.45, 7) is 1.72. The minimum atomic E-state index is -0.388. The minimum Gasteiger partial charge on any atom is -0.366 e. The highest BCUT2D eigenvalue weighted by atomic mass is 16.2. The van der Waals surface area contributed by atoms with Crippen LogP contribution in [0.25, 0.3) is 0 Å². The molecule has 0 spiro atoms. The van der Waals surface area contributed by atoms with Gasteiger partial charge in [0.05, 0.1) is 0 Å². The van der Waals surface area contributed by atoms with Crippen LogP contribution in [0, 0.1) is 5.92 Å². The number of rotatable bonds is 3. The number of carbonyl (C=O) groups excluding carboxylic acids is 2. The molecule has 1 heterocycles. The molecule has 2 aliphatic rings. The van der Waals surface area contributed by atoms with Crippen LogP contribution in [0.5, 0.6) is 0 Å². The summed E-state index contributed by atoms with van der Waals surface area (Å²) in [5, 5.41) is 0. The van der Waals surface area contributed by atoms with Crippen LogP contribution >= 0.6 is 0 Å². The molecule has 1 saturated carbocycles. The van der Waals surface area contributed by atoms with E-state index >= 15 is 0 Å². The third kappa shape index (κ3) is 2.69. The van der Waals surface area contributed by atoms with E-state index in [0.29, 0.717) is 23.3 Å². The molecule has 0 bridgehead atoms. The largest absolute Gasteiger partial charge is 0.366 e. The first kappa shape index (κ1) is 13.2. The van der Waals surface area contributed by atoms with E-state index in [9.17, 15) is 9.59 Å². The normalized spacial score (nSPS) is 19.9. The molecule has 0 radical (unpaired) electrons. The second-order valence-corrected chi connectivity index (χ2v) is 5.86. The molecular weight excluding hydrogens is 252 g/mol. The van der Waals surface area contributed by atoms with Crippen molar-refractivity contribution in [2.45, 2.75) is 31.6 Å². The van der Waals surface area contributed by atoms with Crippen LogP contribution < -0.4 is 5.73 Å². The number of amides is 2. The Labute approximate surface area is 118 Å². The number of hydrogen-bond acceptors (Lipinski definition) is 2.